The fourth-order valence-corrected chi connectivity index (χ4v) is 1.01. The van der Waals surface area contributed by atoms with E-state index in [1.54, 1.807) is 12.1 Å². The number of hydrogen-bond donors (Lipinski definition) is 0. The summed E-state index contributed by atoms with van der Waals surface area (Å²) in [5, 5.41) is -0.391. The Morgan fingerprint density at radius 2 is 1.91 bits per heavy atom. The molecular formula is C8H9ClO2. The van der Waals surface area contributed by atoms with Gasteiger partial charge in [-0.05, 0) is 30.2 Å². The molecule has 0 saturated heterocycles. The van der Waals surface area contributed by atoms with Crippen LogP contribution >= 0.6 is 11.6 Å². The molecule has 60 valence electrons. The molecule has 0 aromatic heterocycles. The molecule has 0 amide bonds. The van der Waals surface area contributed by atoms with Crippen LogP contribution in [0.15, 0.2) is 24.3 Å². The van der Waals surface area contributed by atoms with E-state index >= 15 is 0 Å². The summed E-state index contributed by atoms with van der Waals surface area (Å²) in [5.74, 6) is 0. The van der Waals surface area contributed by atoms with Crippen molar-refractivity contribution in [1.82, 2.24) is 0 Å². The Morgan fingerprint density at radius 1 is 1.36 bits per heavy atom. The molecule has 11 heavy (non-hydrogen) atoms. The third-order valence-corrected chi connectivity index (χ3v) is 1.56. The lowest BCUT2D eigenvalue weighted by Gasteiger charge is -1.96. The first kappa shape index (κ1) is 10.1. The average Bonchev–Trinajstić information content (AvgIpc) is 1.88. The molecule has 2 N–H and O–H groups in total. The number of carbonyl (C=O) groups excluding carboxylic acids is 1. The molecule has 2 nitrogen and oxygen atoms in total. The first-order valence-electron chi connectivity index (χ1n) is 2.97. The molecule has 1 rings (SSSR count). The van der Waals surface area contributed by atoms with E-state index in [4.69, 9.17) is 11.6 Å². The topological polar surface area (TPSA) is 48.6 Å². The van der Waals surface area contributed by atoms with Gasteiger partial charge in [-0.1, -0.05) is 18.2 Å². The summed E-state index contributed by atoms with van der Waals surface area (Å²) in [7, 11) is 0. The van der Waals surface area contributed by atoms with Crippen LogP contribution in [0.5, 0.6) is 0 Å². The zero-order valence-electron chi connectivity index (χ0n) is 6.10. The van der Waals surface area contributed by atoms with Crippen molar-refractivity contribution in [2.24, 2.45) is 0 Å². The highest BCUT2D eigenvalue weighted by atomic mass is 35.5. The maximum atomic E-state index is 10.6. The van der Waals surface area contributed by atoms with Crippen LogP contribution in [0.1, 0.15) is 15.9 Å². The quantitative estimate of drug-likeness (QED) is 0.593. The van der Waals surface area contributed by atoms with Crippen molar-refractivity contribution in [2.75, 3.05) is 0 Å². The fourth-order valence-electron chi connectivity index (χ4n) is 0.793. The molecule has 0 aliphatic heterocycles. The van der Waals surface area contributed by atoms with Crippen molar-refractivity contribution in [3.8, 4) is 0 Å². The Balaban J connectivity index is 0.000001000. The van der Waals surface area contributed by atoms with Gasteiger partial charge in [-0.15, -0.1) is 0 Å². The zero-order valence-corrected chi connectivity index (χ0v) is 6.85. The van der Waals surface area contributed by atoms with Crippen LogP contribution in [0, 0.1) is 6.92 Å². The van der Waals surface area contributed by atoms with Gasteiger partial charge in [0.2, 0.25) is 0 Å². The second-order valence-electron chi connectivity index (χ2n) is 2.09. The van der Waals surface area contributed by atoms with Gasteiger partial charge in [-0.3, -0.25) is 4.79 Å². The van der Waals surface area contributed by atoms with E-state index in [0.717, 1.165) is 5.56 Å². The van der Waals surface area contributed by atoms with Gasteiger partial charge in [0.05, 0.1) is 0 Å². The lowest BCUT2D eigenvalue weighted by atomic mass is 10.1. The van der Waals surface area contributed by atoms with E-state index in [1.165, 1.54) is 0 Å². The van der Waals surface area contributed by atoms with Crippen LogP contribution in [0.25, 0.3) is 0 Å². The summed E-state index contributed by atoms with van der Waals surface area (Å²) in [5.41, 5.74) is 1.51. The number of halogens is 1. The Labute approximate surface area is 70.1 Å². The SMILES string of the molecule is Cc1ccccc1C(=O)Cl.O. The first-order chi connectivity index (χ1) is 4.72. The van der Waals surface area contributed by atoms with Crippen LogP contribution in [-0.4, -0.2) is 10.7 Å². The molecule has 0 saturated carbocycles. The minimum Gasteiger partial charge on any atom is -0.412 e. The molecule has 0 unspecified atom stereocenters. The smallest absolute Gasteiger partial charge is 0.252 e. The molecular weight excluding hydrogens is 164 g/mol. The number of carbonyl (C=O) groups is 1. The number of rotatable bonds is 1. The highest BCUT2D eigenvalue weighted by molar-refractivity contribution is 6.67. The summed E-state index contributed by atoms with van der Waals surface area (Å²) in [4.78, 5) is 10.6. The van der Waals surface area contributed by atoms with Crippen molar-refractivity contribution in [1.29, 1.82) is 0 Å². The standard InChI is InChI=1S/C8H7ClO.H2O/c1-6-4-2-3-5-7(6)8(9)10;/h2-5H,1H3;1H2. The van der Waals surface area contributed by atoms with Gasteiger partial charge in [-0.2, -0.15) is 0 Å². The summed E-state index contributed by atoms with van der Waals surface area (Å²) < 4.78 is 0. The zero-order chi connectivity index (χ0) is 7.56. The maximum absolute atomic E-state index is 10.6. The maximum Gasteiger partial charge on any atom is 0.252 e. The molecule has 0 bridgehead atoms. The number of hydrogen-bond acceptors (Lipinski definition) is 1. The molecule has 3 heteroatoms. The van der Waals surface area contributed by atoms with Gasteiger partial charge in [0.15, 0.2) is 0 Å². The van der Waals surface area contributed by atoms with Crippen molar-refractivity contribution in [3.63, 3.8) is 0 Å². The second kappa shape index (κ2) is 4.11. The Morgan fingerprint density at radius 3 is 2.27 bits per heavy atom. The molecule has 0 fully saturated rings. The molecule has 0 heterocycles. The van der Waals surface area contributed by atoms with Gasteiger partial charge in [0.25, 0.3) is 5.24 Å². The van der Waals surface area contributed by atoms with E-state index in [2.05, 4.69) is 0 Å². The van der Waals surface area contributed by atoms with Crippen molar-refractivity contribution >= 4 is 16.8 Å². The van der Waals surface area contributed by atoms with E-state index in [-0.39, 0.29) is 5.48 Å². The van der Waals surface area contributed by atoms with Crippen molar-refractivity contribution < 1.29 is 10.3 Å². The molecule has 0 aliphatic rings. The third kappa shape index (κ3) is 2.33. The van der Waals surface area contributed by atoms with E-state index in [1.807, 2.05) is 19.1 Å². The van der Waals surface area contributed by atoms with E-state index in [0.29, 0.717) is 5.56 Å². The summed E-state index contributed by atoms with van der Waals surface area (Å²) >= 11 is 5.27. The van der Waals surface area contributed by atoms with Crippen LogP contribution in [0.3, 0.4) is 0 Å². The number of benzene rings is 1. The molecule has 0 aliphatic carbocycles. The van der Waals surface area contributed by atoms with E-state index < -0.39 is 5.24 Å². The largest absolute Gasteiger partial charge is 0.412 e. The minimum atomic E-state index is -0.391. The first-order valence-corrected chi connectivity index (χ1v) is 3.35. The number of aryl methyl sites for hydroxylation is 1. The molecule has 0 atom stereocenters. The van der Waals surface area contributed by atoms with Crippen molar-refractivity contribution in [2.45, 2.75) is 6.92 Å². The Kier molecular flexibility index (Phi) is 3.79. The van der Waals surface area contributed by atoms with Crippen LogP contribution in [0.2, 0.25) is 0 Å². The Bertz CT molecular complexity index is 258. The average molecular weight is 173 g/mol. The third-order valence-electron chi connectivity index (χ3n) is 1.36. The molecule has 1 aromatic rings. The Hall–Kier alpha value is -0.860. The highest BCUT2D eigenvalue weighted by Crippen LogP contribution is 2.08. The normalized spacial score (nSPS) is 8.55. The van der Waals surface area contributed by atoms with Gasteiger partial charge < -0.3 is 5.48 Å². The van der Waals surface area contributed by atoms with Gasteiger partial charge in [-0.25, -0.2) is 0 Å². The van der Waals surface area contributed by atoms with Gasteiger partial charge >= 0.3 is 0 Å². The highest BCUT2D eigenvalue weighted by Gasteiger charge is 2.02. The summed E-state index contributed by atoms with van der Waals surface area (Å²) in [6.07, 6.45) is 0. The molecule has 1 aromatic carbocycles. The monoisotopic (exact) mass is 172 g/mol. The molecule has 0 spiro atoms. The lowest BCUT2D eigenvalue weighted by molar-refractivity contribution is 0.108. The van der Waals surface area contributed by atoms with Crippen LogP contribution < -0.4 is 0 Å². The van der Waals surface area contributed by atoms with E-state index in [9.17, 15) is 4.79 Å². The fraction of sp³-hybridized carbons (Fsp3) is 0.125. The van der Waals surface area contributed by atoms with Gasteiger partial charge in [0.1, 0.15) is 0 Å². The van der Waals surface area contributed by atoms with Crippen LogP contribution in [0.4, 0.5) is 0 Å². The lowest BCUT2D eigenvalue weighted by Crippen LogP contribution is -1.90. The summed E-state index contributed by atoms with van der Waals surface area (Å²) in [6.45, 7) is 1.86. The minimum absolute atomic E-state index is 0. The molecule has 0 radical (unpaired) electrons. The summed E-state index contributed by atoms with van der Waals surface area (Å²) in [6, 6.07) is 7.24. The second-order valence-corrected chi connectivity index (χ2v) is 2.43. The predicted molar refractivity (Wildman–Crippen MR) is 45.0 cm³/mol. The van der Waals surface area contributed by atoms with Crippen LogP contribution in [-0.2, 0) is 0 Å². The van der Waals surface area contributed by atoms with Crippen molar-refractivity contribution in [3.05, 3.63) is 35.4 Å². The van der Waals surface area contributed by atoms with Gasteiger partial charge in [0, 0.05) is 5.56 Å². The predicted octanol–water partition coefficient (Wildman–Crippen LogP) is 1.55.